The van der Waals surface area contributed by atoms with Crippen molar-refractivity contribution in [3.63, 3.8) is 0 Å². The number of hydrogen-bond acceptors (Lipinski definition) is 7. The van der Waals surface area contributed by atoms with Crippen molar-refractivity contribution in [1.29, 1.82) is 5.41 Å². The van der Waals surface area contributed by atoms with Crippen molar-refractivity contribution >= 4 is 42.2 Å². The number of fused-ring (bicyclic) bond motifs is 2. The molecule has 0 radical (unpaired) electrons. The van der Waals surface area contributed by atoms with Gasteiger partial charge in [0.25, 0.3) is 5.91 Å². The van der Waals surface area contributed by atoms with Crippen LogP contribution in [0.2, 0.25) is 0 Å². The number of carbonyl (C=O) groups is 3. The molecule has 1 aromatic rings. The normalized spacial score (nSPS) is 24.2. The van der Waals surface area contributed by atoms with Gasteiger partial charge in [-0.1, -0.05) is 36.6 Å². The molecule has 2 aliphatic carbocycles. The first-order valence-corrected chi connectivity index (χ1v) is 14.8. The summed E-state index contributed by atoms with van der Waals surface area (Å²) < 4.78 is 0. The van der Waals surface area contributed by atoms with E-state index in [1.54, 1.807) is 23.2 Å². The molecule has 10 heteroatoms. The first-order valence-electron chi connectivity index (χ1n) is 14.8. The Labute approximate surface area is 246 Å². The number of aliphatic imine (C=N–C) groups is 2. The topological polar surface area (TPSA) is 140 Å². The number of allylic oxidation sites excluding steroid dienone is 4. The van der Waals surface area contributed by atoms with Crippen LogP contribution in [-0.2, 0) is 19.8 Å². The highest BCUT2D eigenvalue weighted by Crippen LogP contribution is 2.50. The van der Waals surface area contributed by atoms with E-state index in [0.717, 1.165) is 42.4 Å². The third-order valence-corrected chi connectivity index (χ3v) is 8.92. The zero-order valence-corrected chi connectivity index (χ0v) is 24.4. The van der Waals surface area contributed by atoms with Crippen LogP contribution >= 0.6 is 0 Å². The highest BCUT2D eigenvalue weighted by atomic mass is 16.2. The highest BCUT2D eigenvalue weighted by Gasteiger charge is 2.52. The Morgan fingerprint density at radius 1 is 1.26 bits per heavy atom. The lowest BCUT2D eigenvalue weighted by Crippen LogP contribution is -2.52. The van der Waals surface area contributed by atoms with E-state index >= 15 is 0 Å². The first kappa shape index (κ1) is 29.3. The van der Waals surface area contributed by atoms with Crippen molar-refractivity contribution in [3.8, 4) is 0 Å². The van der Waals surface area contributed by atoms with Crippen molar-refractivity contribution in [2.75, 3.05) is 11.9 Å². The lowest BCUT2D eigenvalue weighted by Gasteiger charge is -2.35. The lowest BCUT2D eigenvalue weighted by atomic mass is 9.78. The highest BCUT2D eigenvalue weighted by molar-refractivity contribution is 6.47. The molecule has 3 N–H and O–H groups in total. The summed E-state index contributed by atoms with van der Waals surface area (Å²) >= 11 is 0. The van der Waals surface area contributed by atoms with E-state index in [-0.39, 0.29) is 36.0 Å². The average molecular weight is 570 g/mol. The molecule has 2 spiro atoms. The number of anilines is 1. The number of amides is 3. The van der Waals surface area contributed by atoms with Crippen molar-refractivity contribution in [2.24, 2.45) is 9.98 Å². The fourth-order valence-corrected chi connectivity index (χ4v) is 6.91. The van der Waals surface area contributed by atoms with Gasteiger partial charge in [0.15, 0.2) is 5.71 Å². The summed E-state index contributed by atoms with van der Waals surface area (Å²) in [5.74, 6) is -0.0847. The lowest BCUT2D eigenvalue weighted by molar-refractivity contribution is -0.135. The van der Waals surface area contributed by atoms with Crippen LogP contribution in [0.5, 0.6) is 0 Å². The van der Waals surface area contributed by atoms with Gasteiger partial charge in [0, 0.05) is 24.0 Å². The molecular formula is C32H39N7O3. The van der Waals surface area contributed by atoms with Crippen LogP contribution in [0.4, 0.5) is 5.82 Å². The van der Waals surface area contributed by atoms with Gasteiger partial charge in [0.05, 0.1) is 11.1 Å². The second kappa shape index (κ2) is 12.0. The number of nitrogens with one attached hydrogen (secondary N) is 3. The summed E-state index contributed by atoms with van der Waals surface area (Å²) in [4.78, 5) is 55.2. The predicted molar refractivity (Wildman–Crippen MR) is 164 cm³/mol. The van der Waals surface area contributed by atoms with Crippen LogP contribution in [-0.4, -0.2) is 64.5 Å². The number of hydrogen-bond donors (Lipinski definition) is 3. The number of carbonyl (C=O) groups excluding carboxylic acids is 3. The molecule has 1 saturated carbocycles. The molecule has 3 amide bonds. The van der Waals surface area contributed by atoms with E-state index in [1.807, 2.05) is 32.1 Å². The summed E-state index contributed by atoms with van der Waals surface area (Å²) in [5, 5.41) is 14.0. The summed E-state index contributed by atoms with van der Waals surface area (Å²) in [5.41, 5.74) is 1.78. The van der Waals surface area contributed by atoms with Gasteiger partial charge in [-0.2, -0.15) is 0 Å². The third kappa shape index (κ3) is 5.26. The maximum Gasteiger partial charge on any atom is 0.276 e. The largest absolute Gasteiger partial charge is 0.352 e. The van der Waals surface area contributed by atoms with Crippen molar-refractivity contribution in [2.45, 2.75) is 88.8 Å². The van der Waals surface area contributed by atoms with Crippen LogP contribution in [0.1, 0.15) is 77.2 Å². The summed E-state index contributed by atoms with van der Waals surface area (Å²) in [6.45, 7) is 7.33. The van der Waals surface area contributed by atoms with E-state index in [9.17, 15) is 14.4 Å². The molecular weight excluding hydrogens is 530 g/mol. The van der Waals surface area contributed by atoms with Crippen molar-refractivity contribution in [3.05, 3.63) is 59.0 Å². The molecule has 2 atom stereocenters. The standard InChI is InChI=1S/C32H39N7O3/c1-4-5-12-25(34-3)27-29(41)39(32(38-27)13-8-6-7-9-14-32)20-26(40)36-21(2)16-22-17-31(18-23(22)19-33)24-11-10-15-35-28(24)37-30(31)42/h4-5,10-12,15,19,21,33H,3,6-9,13-14,16-18,20H2,1-2H3,(H,36,40)(H,35,37,42). The molecule has 0 aromatic carbocycles. The van der Waals surface area contributed by atoms with Gasteiger partial charge in [-0.3, -0.25) is 19.4 Å². The molecule has 0 saturated heterocycles. The second-order valence-electron chi connectivity index (χ2n) is 11.7. The molecule has 5 rings (SSSR count). The zero-order valence-electron chi connectivity index (χ0n) is 24.4. The summed E-state index contributed by atoms with van der Waals surface area (Å²) in [6, 6.07) is 3.48. The van der Waals surface area contributed by atoms with Crippen LogP contribution in [0.3, 0.4) is 0 Å². The Bertz CT molecular complexity index is 1430. The fraction of sp³-hybridized carbons (Fsp3) is 0.469. The Balaban J connectivity index is 1.30. The van der Waals surface area contributed by atoms with Gasteiger partial charge in [-0.05, 0) is 83.2 Å². The summed E-state index contributed by atoms with van der Waals surface area (Å²) in [7, 11) is 0. The monoisotopic (exact) mass is 569 g/mol. The quantitative estimate of drug-likeness (QED) is 0.300. The maximum atomic E-state index is 13.7. The fourth-order valence-electron chi connectivity index (χ4n) is 6.91. The number of aromatic nitrogens is 1. The third-order valence-electron chi connectivity index (χ3n) is 8.92. The Morgan fingerprint density at radius 3 is 2.71 bits per heavy atom. The van der Waals surface area contributed by atoms with Gasteiger partial charge in [0.1, 0.15) is 18.0 Å². The smallest absolute Gasteiger partial charge is 0.276 e. The minimum atomic E-state index is -0.769. The molecule has 42 heavy (non-hydrogen) atoms. The molecule has 10 nitrogen and oxygen atoms in total. The number of pyridine rings is 1. The molecule has 4 aliphatic rings. The minimum absolute atomic E-state index is 0.101. The van der Waals surface area contributed by atoms with Gasteiger partial charge >= 0.3 is 0 Å². The Hall–Kier alpha value is -4.21. The van der Waals surface area contributed by atoms with Gasteiger partial charge in [0.2, 0.25) is 11.8 Å². The van der Waals surface area contributed by atoms with Crippen LogP contribution in [0.25, 0.3) is 0 Å². The van der Waals surface area contributed by atoms with Gasteiger partial charge in [-0.15, -0.1) is 0 Å². The molecule has 220 valence electrons. The average Bonchev–Trinajstić information content (AvgIpc) is 3.47. The maximum absolute atomic E-state index is 13.7. The van der Waals surface area contributed by atoms with Gasteiger partial charge in [-0.25, -0.2) is 9.98 Å². The number of nitrogens with zero attached hydrogens (tertiary/aromatic N) is 4. The first-order chi connectivity index (χ1) is 20.3. The summed E-state index contributed by atoms with van der Waals surface area (Å²) in [6.07, 6.45) is 15.2. The van der Waals surface area contributed by atoms with Crippen molar-refractivity contribution < 1.29 is 14.4 Å². The molecule has 1 fully saturated rings. The Kier molecular flexibility index (Phi) is 8.34. The predicted octanol–water partition coefficient (Wildman–Crippen LogP) is 4.40. The molecule has 2 aliphatic heterocycles. The molecule has 3 heterocycles. The minimum Gasteiger partial charge on any atom is -0.352 e. The molecule has 0 bridgehead atoms. The van der Waals surface area contributed by atoms with E-state index in [0.29, 0.717) is 43.6 Å². The van der Waals surface area contributed by atoms with E-state index in [4.69, 9.17) is 10.4 Å². The van der Waals surface area contributed by atoms with Crippen LogP contribution < -0.4 is 10.6 Å². The SMILES string of the molecule is C=NC(=CC=CC)C1=NC2(CCCCCC2)N(CC(=O)NC(C)CC2=C(C=N)CC3(C2)C(=O)Nc2ncccc23)C1=O. The van der Waals surface area contributed by atoms with Crippen molar-refractivity contribution in [1.82, 2.24) is 15.2 Å². The van der Waals surface area contributed by atoms with E-state index < -0.39 is 11.1 Å². The van der Waals surface area contributed by atoms with E-state index in [2.05, 4.69) is 27.3 Å². The van der Waals surface area contributed by atoms with Crippen LogP contribution in [0, 0.1) is 5.41 Å². The zero-order chi connectivity index (χ0) is 29.9. The second-order valence-corrected chi connectivity index (χ2v) is 11.7. The Morgan fingerprint density at radius 2 is 2.02 bits per heavy atom. The van der Waals surface area contributed by atoms with Crippen LogP contribution in [0.15, 0.2) is 63.4 Å². The number of rotatable bonds is 9. The van der Waals surface area contributed by atoms with E-state index in [1.165, 1.54) is 6.21 Å². The van der Waals surface area contributed by atoms with Gasteiger partial charge < -0.3 is 20.9 Å². The molecule has 2 unspecified atom stereocenters. The molecule has 1 aromatic heterocycles.